The van der Waals surface area contributed by atoms with Gasteiger partial charge in [-0.2, -0.15) is 0 Å². The van der Waals surface area contributed by atoms with E-state index in [1.54, 1.807) is 11.8 Å². The van der Waals surface area contributed by atoms with E-state index in [1.165, 1.54) is 37.8 Å². The van der Waals surface area contributed by atoms with Crippen molar-refractivity contribution < 1.29 is 4.39 Å². The molecular weight excluding hydrogens is 233 g/mol. The van der Waals surface area contributed by atoms with Gasteiger partial charge in [0, 0.05) is 16.7 Å². The highest BCUT2D eigenvalue weighted by Gasteiger charge is 2.03. The number of rotatable bonds is 8. The Bertz CT molecular complexity index is 300. The summed E-state index contributed by atoms with van der Waals surface area (Å²) in [6.45, 7) is 2.21. The molecule has 17 heavy (non-hydrogen) atoms. The summed E-state index contributed by atoms with van der Waals surface area (Å²) in [6.07, 6.45) is 6.16. The van der Waals surface area contributed by atoms with E-state index in [0.717, 1.165) is 17.1 Å². The van der Waals surface area contributed by atoms with Crippen molar-refractivity contribution in [2.75, 3.05) is 5.75 Å². The first kappa shape index (κ1) is 14.5. The summed E-state index contributed by atoms with van der Waals surface area (Å²) in [5.41, 5.74) is 6.04. The lowest BCUT2D eigenvalue weighted by atomic mass is 10.1. The third-order valence-corrected chi connectivity index (χ3v) is 3.91. The van der Waals surface area contributed by atoms with Crippen LogP contribution in [0.25, 0.3) is 0 Å². The maximum atomic E-state index is 12.7. The number of unbranched alkanes of at least 4 members (excludes halogenated alkanes) is 3. The predicted octanol–water partition coefficient (Wildman–Crippen LogP) is 4.22. The normalized spacial score (nSPS) is 12.6. The summed E-state index contributed by atoms with van der Waals surface area (Å²) in [6, 6.07) is 6.86. The Labute approximate surface area is 108 Å². The van der Waals surface area contributed by atoms with Crippen molar-refractivity contribution >= 4 is 11.8 Å². The van der Waals surface area contributed by atoms with E-state index in [0.29, 0.717) is 0 Å². The Kier molecular flexibility index (Phi) is 7.29. The number of halogens is 1. The Balaban J connectivity index is 2.14. The molecule has 0 aliphatic rings. The lowest BCUT2D eigenvalue weighted by molar-refractivity contribution is 0.579. The topological polar surface area (TPSA) is 26.0 Å². The fraction of sp³-hybridized carbons (Fsp3) is 0.571. The smallest absolute Gasteiger partial charge is 0.123 e. The first-order chi connectivity index (χ1) is 8.22. The number of benzene rings is 1. The minimum Gasteiger partial charge on any atom is -0.327 e. The number of hydrogen-bond donors (Lipinski definition) is 1. The molecular formula is C14H22FNS. The van der Waals surface area contributed by atoms with Gasteiger partial charge in [0.15, 0.2) is 0 Å². The van der Waals surface area contributed by atoms with Crippen molar-refractivity contribution in [2.45, 2.75) is 50.0 Å². The van der Waals surface area contributed by atoms with Crippen molar-refractivity contribution in [3.8, 4) is 0 Å². The van der Waals surface area contributed by atoms with Gasteiger partial charge in [-0.3, -0.25) is 0 Å². The first-order valence-corrected chi connectivity index (χ1v) is 7.35. The van der Waals surface area contributed by atoms with Crippen molar-refractivity contribution in [3.63, 3.8) is 0 Å². The van der Waals surface area contributed by atoms with Gasteiger partial charge in [-0.25, -0.2) is 4.39 Å². The SMILES string of the molecule is CCCCCCC(N)CSc1ccc(F)cc1. The molecule has 1 nitrogen and oxygen atoms in total. The van der Waals surface area contributed by atoms with Crippen molar-refractivity contribution in [3.05, 3.63) is 30.1 Å². The third kappa shape index (κ3) is 6.69. The first-order valence-electron chi connectivity index (χ1n) is 6.36. The van der Waals surface area contributed by atoms with Crippen LogP contribution < -0.4 is 5.73 Å². The van der Waals surface area contributed by atoms with Gasteiger partial charge >= 0.3 is 0 Å². The zero-order chi connectivity index (χ0) is 12.5. The van der Waals surface area contributed by atoms with Crippen molar-refractivity contribution in [1.29, 1.82) is 0 Å². The largest absolute Gasteiger partial charge is 0.327 e. The molecule has 3 heteroatoms. The van der Waals surface area contributed by atoms with Gasteiger partial charge in [0.25, 0.3) is 0 Å². The van der Waals surface area contributed by atoms with Crippen molar-refractivity contribution in [2.24, 2.45) is 5.73 Å². The zero-order valence-corrected chi connectivity index (χ0v) is 11.3. The highest BCUT2D eigenvalue weighted by Crippen LogP contribution is 2.19. The summed E-state index contributed by atoms with van der Waals surface area (Å²) in [5.74, 6) is 0.732. The van der Waals surface area contributed by atoms with Gasteiger partial charge in [-0.05, 0) is 30.7 Å². The zero-order valence-electron chi connectivity index (χ0n) is 10.5. The van der Waals surface area contributed by atoms with E-state index in [-0.39, 0.29) is 11.9 Å². The molecule has 0 aliphatic heterocycles. The Morgan fingerprint density at radius 1 is 1.18 bits per heavy atom. The van der Waals surface area contributed by atoms with Crippen LogP contribution in [-0.4, -0.2) is 11.8 Å². The van der Waals surface area contributed by atoms with Gasteiger partial charge in [-0.1, -0.05) is 32.6 Å². The van der Waals surface area contributed by atoms with E-state index < -0.39 is 0 Å². The fourth-order valence-electron chi connectivity index (χ4n) is 1.65. The van der Waals surface area contributed by atoms with Gasteiger partial charge in [-0.15, -0.1) is 11.8 Å². The molecule has 0 saturated carbocycles. The molecule has 96 valence electrons. The summed E-state index contributed by atoms with van der Waals surface area (Å²) in [4.78, 5) is 1.09. The molecule has 0 aromatic heterocycles. The number of hydrogen-bond acceptors (Lipinski definition) is 2. The Hall–Kier alpha value is -0.540. The highest BCUT2D eigenvalue weighted by molar-refractivity contribution is 7.99. The average Bonchev–Trinajstić information content (AvgIpc) is 2.34. The monoisotopic (exact) mass is 255 g/mol. The summed E-state index contributed by atoms with van der Waals surface area (Å²) >= 11 is 1.71. The number of nitrogens with two attached hydrogens (primary N) is 1. The Morgan fingerprint density at radius 3 is 2.53 bits per heavy atom. The lowest BCUT2D eigenvalue weighted by Gasteiger charge is -2.10. The molecule has 0 spiro atoms. The molecule has 0 fully saturated rings. The molecule has 0 amide bonds. The summed E-state index contributed by atoms with van der Waals surface area (Å²) in [5, 5.41) is 0. The molecule has 1 atom stereocenters. The predicted molar refractivity (Wildman–Crippen MR) is 73.9 cm³/mol. The molecule has 1 aromatic rings. The molecule has 1 aromatic carbocycles. The maximum Gasteiger partial charge on any atom is 0.123 e. The van der Waals surface area contributed by atoms with Crippen LogP contribution >= 0.6 is 11.8 Å². The second-order valence-electron chi connectivity index (χ2n) is 4.37. The molecule has 0 saturated heterocycles. The molecule has 1 unspecified atom stereocenters. The summed E-state index contributed by atoms with van der Waals surface area (Å²) < 4.78 is 12.7. The molecule has 0 aliphatic carbocycles. The second-order valence-corrected chi connectivity index (χ2v) is 5.47. The molecule has 0 bridgehead atoms. The van der Waals surface area contributed by atoms with Gasteiger partial charge < -0.3 is 5.73 Å². The highest BCUT2D eigenvalue weighted by atomic mass is 32.2. The van der Waals surface area contributed by atoms with E-state index in [4.69, 9.17) is 5.73 Å². The van der Waals surface area contributed by atoms with Crippen LogP contribution in [-0.2, 0) is 0 Å². The number of thioether (sulfide) groups is 1. The Morgan fingerprint density at radius 2 is 1.88 bits per heavy atom. The molecule has 2 N–H and O–H groups in total. The average molecular weight is 255 g/mol. The molecule has 1 rings (SSSR count). The molecule has 0 heterocycles. The maximum absolute atomic E-state index is 12.7. The fourth-order valence-corrected chi connectivity index (χ4v) is 2.55. The van der Waals surface area contributed by atoms with Crippen LogP contribution in [0.15, 0.2) is 29.2 Å². The molecule has 0 radical (unpaired) electrons. The van der Waals surface area contributed by atoms with Crippen LogP contribution in [0.3, 0.4) is 0 Å². The van der Waals surface area contributed by atoms with Crippen LogP contribution in [0, 0.1) is 5.82 Å². The lowest BCUT2D eigenvalue weighted by Crippen LogP contribution is -2.22. The van der Waals surface area contributed by atoms with E-state index in [2.05, 4.69) is 6.92 Å². The standard InChI is InChI=1S/C14H22FNS/c1-2-3-4-5-6-13(16)11-17-14-9-7-12(15)8-10-14/h7-10,13H,2-6,11,16H2,1H3. The minimum atomic E-state index is -0.182. The van der Waals surface area contributed by atoms with Gasteiger partial charge in [0.1, 0.15) is 5.82 Å². The summed E-state index contributed by atoms with van der Waals surface area (Å²) in [7, 11) is 0. The van der Waals surface area contributed by atoms with E-state index in [1.807, 2.05) is 12.1 Å². The van der Waals surface area contributed by atoms with Crippen LogP contribution in [0.4, 0.5) is 4.39 Å². The van der Waals surface area contributed by atoms with Gasteiger partial charge in [0.2, 0.25) is 0 Å². The van der Waals surface area contributed by atoms with Crippen LogP contribution in [0.5, 0.6) is 0 Å². The van der Waals surface area contributed by atoms with Crippen LogP contribution in [0.2, 0.25) is 0 Å². The second kappa shape index (κ2) is 8.54. The quantitative estimate of drug-likeness (QED) is 0.556. The third-order valence-electron chi connectivity index (χ3n) is 2.71. The minimum absolute atomic E-state index is 0.182. The van der Waals surface area contributed by atoms with Gasteiger partial charge in [0.05, 0.1) is 0 Å². The van der Waals surface area contributed by atoms with E-state index in [9.17, 15) is 4.39 Å². The van der Waals surface area contributed by atoms with Crippen molar-refractivity contribution in [1.82, 2.24) is 0 Å². The van der Waals surface area contributed by atoms with Crippen LogP contribution in [0.1, 0.15) is 39.0 Å². The van der Waals surface area contributed by atoms with E-state index >= 15 is 0 Å².